The van der Waals surface area contributed by atoms with Crippen molar-refractivity contribution in [2.75, 3.05) is 24.8 Å². The predicted octanol–water partition coefficient (Wildman–Crippen LogP) is 2.26. The number of nitrogens with zero attached hydrogens (tertiary/aromatic N) is 2. The molecule has 1 aromatic carbocycles. The highest BCUT2D eigenvalue weighted by Gasteiger charge is 2.15. The lowest BCUT2D eigenvalue weighted by atomic mass is 10.2. The van der Waals surface area contributed by atoms with Gasteiger partial charge in [0, 0.05) is 30.1 Å². The van der Waals surface area contributed by atoms with Gasteiger partial charge in [-0.1, -0.05) is 6.07 Å². The monoisotopic (exact) mass is 271 g/mol. The fraction of sp³-hybridized carbons (Fsp3) is 0.200. The number of benzene rings is 1. The van der Waals surface area contributed by atoms with Gasteiger partial charge in [0.15, 0.2) is 0 Å². The maximum absolute atomic E-state index is 12.5. The molecule has 2 aromatic rings. The van der Waals surface area contributed by atoms with E-state index >= 15 is 0 Å². The minimum atomic E-state index is -0.143. The molecule has 2 N–H and O–H groups in total. The first-order chi connectivity index (χ1) is 9.51. The van der Waals surface area contributed by atoms with Crippen LogP contribution in [0.4, 0.5) is 11.5 Å². The molecular formula is C15H17N3O2. The molecule has 0 fully saturated rings. The Morgan fingerprint density at radius 2 is 2.05 bits per heavy atom. The van der Waals surface area contributed by atoms with E-state index in [1.54, 1.807) is 44.2 Å². The topological polar surface area (TPSA) is 68.5 Å². The van der Waals surface area contributed by atoms with Crippen LogP contribution in [0.15, 0.2) is 36.4 Å². The number of amides is 1. The van der Waals surface area contributed by atoms with Gasteiger partial charge in [-0.25, -0.2) is 4.98 Å². The summed E-state index contributed by atoms with van der Waals surface area (Å²) in [6.07, 6.45) is 0. The molecule has 0 unspecified atom stereocenters. The number of aryl methyl sites for hydroxylation is 1. The molecule has 0 aliphatic heterocycles. The zero-order valence-corrected chi connectivity index (χ0v) is 11.8. The van der Waals surface area contributed by atoms with Crippen molar-refractivity contribution in [3.63, 3.8) is 0 Å². The number of nitrogens with two attached hydrogens (primary N) is 1. The molecule has 5 nitrogen and oxygen atoms in total. The Morgan fingerprint density at radius 1 is 1.30 bits per heavy atom. The lowest BCUT2D eigenvalue weighted by molar-refractivity contribution is 0.0993. The smallest absolute Gasteiger partial charge is 0.258 e. The zero-order chi connectivity index (χ0) is 14.7. The van der Waals surface area contributed by atoms with Gasteiger partial charge in [0.1, 0.15) is 11.6 Å². The van der Waals surface area contributed by atoms with Gasteiger partial charge in [0.25, 0.3) is 5.91 Å². The number of hydrogen-bond donors (Lipinski definition) is 1. The van der Waals surface area contributed by atoms with Crippen LogP contribution in [0.1, 0.15) is 16.1 Å². The van der Waals surface area contributed by atoms with Crippen LogP contribution in [0, 0.1) is 6.92 Å². The van der Waals surface area contributed by atoms with Crippen LogP contribution in [0.2, 0.25) is 0 Å². The summed E-state index contributed by atoms with van der Waals surface area (Å²) < 4.78 is 5.16. The fourth-order valence-corrected chi connectivity index (χ4v) is 1.95. The number of anilines is 2. The normalized spacial score (nSPS) is 10.2. The lowest BCUT2D eigenvalue weighted by Gasteiger charge is -2.18. The average Bonchev–Trinajstić information content (AvgIpc) is 2.44. The second kappa shape index (κ2) is 5.61. The standard InChI is InChI=1S/C15H17N3O2/c1-10-7-11(8-14(16)17-10)15(19)18(2)12-5-4-6-13(9-12)20-3/h4-9H,1-3H3,(H2,16,17). The van der Waals surface area contributed by atoms with E-state index in [1.165, 1.54) is 0 Å². The van der Waals surface area contributed by atoms with E-state index in [2.05, 4.69) is 4.98 Å². The minimum absolute atomic E-state index is 0.143. The third-order valence-electron chi connectivity index (χ3n) is 2.97. The van der Waals surface area contributed by atoms with Gasteiger partial charge in [0.05, 0.1) is 7.11 Å². The molecule has 0 aliphatic carbocycles. The predicted molar refractivity (Wildman–Crippen MR) is 79.1 cm³/mol. The summed E-state index contributed by atoms with van der Waals surface area (Å²) in [6.45, 7) is 1.80. The summed E-state index contributed by atoms with van der Waals surface area (Å²) in [6, 6.07) is 10.6. The largest absolute Gasteiger partial charge is 0.497 e. The summed E-state index contributed by atoms with van der Waals surface area (Å²) in [5.74, 6) is 0.899. The maximum Gasteiger partial charge on any atom is 0.258 e. The fourth-order valence-electron chi connectivity index (χ4n) is 1.95. The Hall–Kier alpha value is -2.56. The minimum Gasteiger partial charge on any atom is -0.497 e. The first-order valence-electron chi connectivity index (χ1n) is 6.17. The second-order valence-corrected chi connectivity index (χ2v) is 4.49. The first-order valence-corrected chi connectivity index (χ1v) is 6.17. The van der Waals surface area contributed by atoms with Crippen LogP contribution in [-0.2, 0) is 0 Å². The van der Waals surface area contributed by atoms with Gasteiger partial charge < -0.3 is 15.4 Å². The third kappa shape index (κ3) is 2.88. The van der Waals surface area contributed by atoms with E-state index in [9.17, 15) is 4.79 Å². The Kier molecular flexibility index (Phi) is 3.89. The van der Waals surface area contributed by atoms with Gasteiger partial charge in [-0.2, -0.15) is 0 Å². The van der Waals surface area contributed by atoms with E-state index in [0.717, 1.165) is 5.69 Å². The number of hydrogen-bond acceptors (Lipinski definition) is 4. The van der Waals surface area contributed by atoms with Gasteiger partial charge in [-0.15, -0.1) is 0 Å². The van der Waals surface area contributed by atoms with Crippen molar-refractivity contribution in [2.45, 2.75) is 6.92 Å². The summed E-state index contributed by atoms with van der Waals surface area (Å²) in [4.78, 5) is 18.1. The Morgan fingerprint density at radius 3 is 2.70 bits per heavy atom. The van der Waals surface area contributed by atoms with Gasteiger partial charge in [-0.3, -0.25) is 4.79 Å². The third-order valence-corrected chi connectivity index (χ3v) is 2.97. The van der Waals surface area contributed by atoms with Crippen LogP contribution in [0.3, 0.4) is 0 Å². The summed E-state index contributed by atoms with van der Waals surface area (Å²) in [5.41, 5.74) is 7.66. The molecule has 0 saturated carbocycles. The van der Waals surface area contributed by atoms with Gasteiger partial charge in [0.2, 0.25) is 0 Å². The summed E-state index contributed by atoms with van der Waals surface area (Å²) >= 11 is 0. The van der Waals surface area contributed by atoms with Crippen LogP contribution in [0.25, 0.3) is 0 Å². The van der Waals surface area contributed by atoms with E-state index in [4.69, 9.17) is 10.5 Å². The highest BCUT2D eigenvalue weighted by atomic mass is 16.5. The van der Waals surface area contributed by atoms with Crippen molar-refractivity contribution >= 4 is 17.4 Å². The zero-order valence-electron chi connectivity index (χ0n) is 11.8. The highest BCUT2D eigenvalue weighted by Crippen LogP contribution is 2.21. The molecular weight excluding hydrogens is 254 g/mol. The molecule has 0 spiro atoms. The number of carbonyl (C=O) groups excluding carboxylic acids is 1. The van der Waals surface area contributed by atoms with Gasteiger partial charge in [-0.05, 0) is 31.2 Å². The molecule has 0 atom stereocenters. The number of pyridine rings is 1. The van der Waals surface area contributed by atoms with E-state index in [1.807, 2.05) is 18.2 Å². The molecule has 1 heterocycles. The van der Waals surface area contributed by atoms with Crippen molar-refractivity contribution in [3.05, 3.63) is 47.7 Å². The van der Waals surface area contributed by atoms with Crippen molar-refractivity contribution in [3.8, 4) is 5.75 Å². The van der Waals surface area contributed by atoms with Crippen molar-refractivity contribution in [2.24, 2.45) is 0 Å². The van der Waals surface area contributed by atoms with Crippen molar-refractivity contribution < 1.29 is 9.53 Å². The highest BCUT2D eigenvalue weighted by molar-refractivity contribution is 6.06. The number of nitrogen functional groups attached to an aromatic ring is 1. The molecule has 1 amide bonds. The molecule has 0 saturated heterocycles. The SMILES string of the molecule is COc1cccc(N(C)C(=O)c2cc(C)nc(N)c2)c1. The van der Waals surface area contributed by atoms with Crippen LogP contribution >= 0.6 is 0 Å². The molecule has 0 aliphatic rings. The molecule has 20 heavy (non-hydrogen) atoms. The second-order valence-electron chi connectivity index (χ2n) is 4.49. The summed E-state index contributed by atoms with van der Waals surface area (Å²) in [7, 11) is 3.30. The molecule has 104 valence electrons. The number of methoxy groups -OCH3 is 1. The van der Waals surface area contributed by atoms with Crippen LogP contribution in [-0.4, -0.2) is 25.0 Å². The molecule has 5 heteroatoms. The van der Waals surface area contributed by atoms with Crippen LogP contribution in [0.5, 0.6) is 5.75 Å². The van der Waals surface area contributed by atoms with E-state index in [0.29, 0.717) is 22.8 Å². The number of carbonyl (C=O) groups is 1. The summed E-state index contributed by atoms with van der Waals surface area (Å²) in [5, 5.41) is 0. The molecule has 2 rings (SSSR count). The molecule has 1 aromatic heterocycles. The molecule has 0 bridgehead atoms. The van der Waals surface area contributed by atoms with Crippen molar-refractivity contribution in [1.82, 2.24) is 4.98 Å². The number of rotatable bonds is 3. The molecule has 0 radical (unpaired) electrons. The van der Waals surface area contributed by atoms with Crippen LogP contribution < -0.4 is 15.4 Å². The Balaban J connectivity index is 2.31. The number of aromatic nitrogens is 1. The average molecular weight is 271 g/mol. The van der Waals surface area contributed by atoms with E-state index < -0.39 is 0 Å². The van der Waals surface area contributed by atoms with Gasteiger partial charge >= 0.3 is 0 Å². The van der Waals surface area contributed by atoms with Crippen molar-refractivity contribution in [1.29, 1.82) is 0 Å². The quantitative estimate of drug-likeness (QED) is 0.929. The Labute approximate surface area is 118 Å². The first kappa shape index (κ1) is 13.9. The van der Waals surface area contributed by atoms with E-state index in [-0.39, 0.29) is 5.91 Å². The lowest BCUT2D eigenvalue weighted by Crippen LogP contribution is -2.26. The Bertz CT molecular complexity index is 621. The maximum atomic E-state index is 12.5. The number of ether oxygens (including phenoxy) is 1.